The van der Waals surface area contributed by atoms with E-state index in [1.54, 1.807) is 0 Å². The molecule has 1 aliphatic rings. The molecule has 0 bridgehead atoms. The van der Waals surface area contributed by atoms with Gasteiger partial charge in [0, 0.05) is 6.04 Å². The lowest BCUT2D eigenvalue weighted by Gasteiger charge is -2.19. The first-order chi connectivity index (χ1) is 8.38. The fourth-order valence-electron chi connectivity index (χ4n) is 3.14. The first-order valence-electron chi connectivity index (χ1n) is 6.54. The smallest absolute Gasteiger partial charge is 0.0133 e. The third-order valence-corrected chi connectivity index (χ3v) is 4.09. The van der Waals surface area contributed by atoms with Crippen LogP contribution in [0.25, 0.3) is 10.8 Å². The highest BCUT2D eigenvalue weighted by Crippen LogP contribution is 2.35. The molecule has 0 radical (unpaired) electrons. The minimum atomic E-state index is 0.663. The second-order valence-corrected chi connectivity index (χ2v) is 5.04. The van der Waals surface area contributed by atoms with Gasteiger partial charge >= 0.3 is 0 Å². The first-order valence-corrected chi connectivity index (χ1v) is 6.54. The fourth-order valence-corrected chi connectivity index (χ4v) is 3.14. The Kier molecular flexibility index (Phi) is 2.86. The summed E-state index contributed by atoms with van der Waals surface area (Å²) in [6.07, 6.45) is 3.99. The molecule has 2 unspecified atom stereocenters. The second-order valence-electron chi connectivity index (χ2n) is 5.04. The maximum absolute atomic E-state index is 3.46. The van der Waals surface area contributed by atoms with Crippen molar-refractivity contribution in [3.05, 3.63) is 48.0 Å². The maximum Gasteiger partial charge on any atom is 0.0133 e. The molecule has 0 spiro atoms. The van der Waals surface area contributed by atoms with Crippen LogP contribution in [-0.4, -0.2) is 13.1 Å². The Morgan fingerprint density at radius 3 is 2.65 bits per heavy atom. The molecule has 2 atom stereocenters. The zero-order valence-corrected chi connectivity index (χ0v) is 10.3. The molecule has 2 aromatic rings. The Bertz CT molecular complexity index is 518. The van der Waals surface area contributed by atoms with Crippen LogP contribution in [0.15, 0.2) is 42.5 Å². The Morgan fingerprint density at radius 2 is 1.82 bits per heavy atom. The molecule has 0 aliphatic heterocycles. The molecule has 0 aromatic heterocycles. The highest BCUT2D eigenvalue weighted by molar-refractivity contribution is 5.83. The van der Waals surface area contributed by atoms with Gasteiger partial charge in [0.1, 0.15) is 0 Å². The maximum atomic E-state index is 3.46. The summed E-state index contributed by atoms with van der Waals surface area (Å²) in [5.74, 6) is 0.699. The van der Waals surface area contributed by atoms with E-state index in [1.165, 1.54) is 35.6 Å². The topological polar surface area (TPSA) is 12.0 Å². The van der Waals surface area contributed by atoms with E-state index in [4.69, 9.17) is 0 Å². The van der Waals surface area contributed by atoms with Gasteiger partial charge in [-0.15, -0.1) is 0 Å². The molecule has 17 heavy (non-hydrogen) atoms. The molecule has 0 amide bonds. The van der Waals surface area contributed by atoms with Gasteiger partial charge in [0.2, 0.25) is 0 Å². The average molecular weight is 225 g/mol. The van der Waals surface area contributed by atoms with Crippen molar-refractivity contribution in [1.29, 1.82) is 0 Å². The molecule has 0 heterocycles. The van der Waals surface area contributed by atoms with Gasteiger partial charge in [0.15, 0.2) is 0 Å². The Morgan fingerprint density at radius 1 is 1.00 bits per heavy atom. The van der Waals surface area contributed by atoms with Gasteiger partial charge in [-0.1, -0.05) is 48.9 Å². The summed E-state index contributed by atoms with van der Waals surface area (Å²) < 4.78 is 0. The molecule has 88 valence electrons. The van der Waals surface area contributed by atoms with Gasteiger partial charge in [-0.05, 0) is 42.1 Å². The quantitative estimate of drug-likeness (QED) is 0.821. The Labute approximate surface area is 103 Å². The third-order valence-electron chi connectivity index (χ3n) is 4.09. The lowest BCUT2D eigenvalue weighted by molar-refractivity contribution is 0.522. The third kappa shape index (κ3) is 1.96. The molecular formula is C16H19N. The number of benzene rings is 2. The lowest BCUT2D eigenvalue weighted by atomic mass is 9.92. The normalized spacial score (nSPS) is 24.3. The minimum Gasteiger partial charge on any atom is -0.316 e. The van der Waals surface area contributed by atoms with Crippen molar-refractivity contribution in [2.45, 2.75) is 31.2 Å². The van der Waals surface area contributed by atoms with E-state index in [1.807, 2.05) is 0 Å². The van der Waals surface area contributed by atoms with E-state index in [0.717, 1.165) is 0 Å². The van der Waals surface area contributed by atoms with Crippen molar-refractivity contribution in [1.82, 2.24) is 5.32 Å². The van der Waals surface area contributed by atoms with Gasteiger partial charge in [-0.2, -0.15) is 0 Å². The van der Waals surface area contributed by atoms with Crippen LogP contribution in [0, 0.1) is 0 Å². The summed E-state index contributed by atoms with van der Waals surface area (Å²) in [7, 11) is 2.09. The molecule has 1 N–H and O–H groups in total. The summed E-state index contributed by atoms with van der Waals surface area (Å²) in [5.41, 5.74) is 1.50. The first kappa shape index (κ1) is 10.8. The molecule has 1 aliphatic carbocycles. The highest BCUT2D eigenvalue weighted by atomic mass is 14.9. The van der Waals surface area contributed by atoms with Crippen LogP contribution in [0.1, 0.15) is 30.7 Å². The second kappa shape index (κ2) is 4.50. The van der Waals surface area contributed by atoms with Crippen LogP contribution in [0.5, 0.6) is 0 Å². The van der Waals surface area contributed by atoms with Gasteiger partial charge in [0.25, 0.3) is 0 Å². The number of likely N-dealkylation sites (N-methyl/N-ethyl adjacent to an activating group) is 1. The van der Waals surface area contributed by atoms with Gasteiger partial charge in [0.05, 0.1) is 0 Å². The molecule has 2 aromatic carbocycles. The predicted molar refractivity (Wildman–Crippen MR) is 73.4 cm³/mol. The summed E-state index contributed by atoms with van der Waals surface area (Å²) in [5, 5.41) is 6.17. The fraction of sp³-hybridized carbons (Fsp3) is 0.375. The van der Waals surface area contributed by atoms with E-state index in [2.05, 4.69) is 54.8 Å². The van der Waals surface area contributed by atoms with E-state index in [9.17, 15) is 0 Å². The molecule has 1 heteroatoms. The molecule has 1 saturated carbocycles. The number of hydrogen-bond acceptors (Lipinski definition) is 1. The summed E-state index contributed by atoms with van der Waals surface area (Å²) in [6, 6.07) is 16.2. The Hall–Kier alpha value is -1.34. The van der Waals surface area contributed by atoms with Crippen molar-refractivity contribution < 1.29 is 0 Å². The molecule has 0 saturated heterocycles. The minimum absolute atomic E-state index is 0.663. The van der Waals surface area contributed by atoms with Gasteiger partial charge in [-0.25, -0.2) is 0 Å². The van der Waals surface area contributed by atoms with E-state index < -0.39 is 0 Å². The van der Waals surface area contributed by atoms with Crippen LogP contribution >= 0.6 is 0 Å². The summed E-state index contributed by atoms with van der Waals surface area (Å²) >= 11 is 0. The molecule has 3 rings (SSSR count). The van der Waals surface area contributed by atoms with E-state index in [-0.39, 0.29) is 0 Å². The predicted octanol–water partition coefficient (Wildman–Crippen LogP) is 3.70. The SMILES string of the molecule is CNC1CCCC1c1ccc2ccccc2c1. The number of rotatable bonds is 2. The molecule has 1 nitrogen and oxygen atoms in total. The van der Waals surface area contributed by atoms with Crippen molar-refractivity contribution in [3.63, 3.8) is 0 Å². The number of hydrogen-bond donors (Lipinski definition) is 1. The number of fused-ring (bicyclic) bond motifs is 1. The highest BCUT2D eigenvalue weighted by Gasteiger charge is 2.27. The van der Waals surface area contributed by atoms with Crippen molar-refractivity contribution in [3.8, 4) is 0 Å². The standard InChI is InChI=1S/C16H19N/c1-17-16-8-4-7-15(16)14-10-9-12-5-2-3-6-13(12)11-14/h2-3,5-6,9-11,15-17H,4,7-8H2,1H3. The zero-order valence-electron chi connectivity index (χ0n) is 10.3. The number of nitrogens with one attached hydrogen (secondary N) is 1. The molecule has 1 fully saturated rings. The van der Waals surface area contributed by atoms with Crippen LogP contribution in [-0.2, 0) is 0 Å². The van der Waals surface area contributed by atoms with Gasteiger partial charge in [-0.3, -0.25) is 0 Å². The summed E-state index contributed by atoms with van der Waals surface area (Å²) in [4.78, 5) is 0. The largest absolute Gasteiger partial charge is 0.316 e. The lowest BCUT2D eigenvalue weighted by Crippen LogP contribution is -2.27. The van der Waals surface area contributed by atoms with E-state index in [0.29, 0.717) is 12.0 Å². The summed E-state index contributed by atoms with van der Waals surface area (Å²) in [6.45, 7) is 0. The van der Waals surface area contributed by atoms with Crippen molar-refractivity contribution in [2.24, 2.45) is 0 Å². The van der Waals surface area contributed by atoms with Crippen molar-refractivity contribution in [2.75, 3.05) is 7.05 Å². The monoisotopic (exact) mass is 225 g/mol. The van der Waals surface area contributed by atoms with Crippen LogP contribution in [0.2, 0.25) is 0 Å². The average Bonchev–Trinajstić information content (AvgIpc) is 2.86. The van der Waals surface area contributed by atoms with Crippen LogP contribution < -0.4 is 5.32 Å². The van der Waals surface area contributed by atoms with E-state index >= 15 is 0 Å². The van der Waals surface area contributed by atoms with Crippen LogP contribution in [0.3, 0.4) is 0 Å². The van der Waals surface area contributed by atoms with Gasteiger partial charge < -0.3 is 5.32 Å². The zero-order chi connectivity index (χ0) is 11.7. The van der Waals surface area contributed by atoms with Crippen molar-refractivity contribution >= 4 is 10.8 Å². The Balaban J connectivity index is 2.00. The molecular weight excluding hydrogens is 206 g/mol. The van der Waals surface area contributed by atoms with Crippen LogP contribution in [0.4, 0.5) is 0 Å².